The molecule has 0 unspecified atom stereocenters. The van der Waals surface area contributed by atoms with E-state index in [2.05, 4.69) is 24.3 Å². The van der Waals surface area contributed by atoms with Crippen LogP contribution in [0.4, 0.5) is 0 Å². The van der Waals surface area contributed by atoms with Crippen molar-refractivity contribution in [2.75, 3.05) is 0 Å². The van der Waals surface area contributed by atoms with E-state index < -0.39 is 0 Å². The molecule has 0 saturated heterocycles. The van der Waals surface area contributed by atoms with Crippen LogP contribution in [0, 0.1) is 0 Å². The standard InChI is InChI=1S/C51H20B10N4O2/c52-35-32-31-36(53)39(56)41(58)43(60)45(31)65(46(32)48-34(37(35)54)33-38(55)40(57)42(59)44(61)47(33)67-48)26-15-17-28-27-16-14-25(19-29(27)66-30(28)20-26)51-63-49(22-10-5-2-6-11-22)62-50(64-51)24-13-7-12-23(18-24)21-8-3-1-4-9-21/h1-20H. The van der Waals surface area contributed by atoms with Gasteiger partial charge in [-0.05, 0) is 46.8 Å². The summed E-state index contributed by atoms with van der Waals surface area (Å²) in [5.74, 6) is 1.54. The summed E-state index contributed by atoms with van der Waals surface area (Å²) in [5, 5.41) is 3.26. The van der Waals surface area contributed by atoms with Crippen molar-refractivity contribution in [3.8, 4) is 51.0 Å². The topological polar surface area (TPSA) is 69.9 Å². The monoisotopic (exact) mass is 830 g/mol. The van der Waals surface area contributed by atoms with Crippen LogP contribution in [0.5, 0.6) is 0 Å². The van der Waals surface area contributed by atoms with Crippen molar-refractivity contribution in [3.63, 3.8) is 0 Å². The van der Waals surface area contributed by atoms with Crippen LogP contribution >= 0.6 is 0 Å². The quantitative estimate of drug-likeness (QED) is 0.246. The average Bonchev–Trinajstić information content (AvgIpc) is 4.06. The van der Waals surface area contributed by atoms with Gasteiger partial charge in [0, 0.05) is 55.2 Å². The summed E-state index contributed by atoms with van der Waals surface area (Å²) in [6, 6.07) is 39.8. The number of rotatable bonds is 5. The Bertz CT molecular complexity index is 4110. The van der Waals surface area contributed by atoms with Crippen molar-refractivity contribution in [3.05, 3.63) is 121 Å². The number of nitrogens with zero attached hydrogens (tertiary/aromatic N) is 4. The number of aromatic nitrogens is 4. The maximum Gasteiger partial charge on any atom is 0.164 e. The first-order valence-electron chi connectivity index (χ1n) is 21.1. The fraction of sp³-hybridized carbons (Fsp3) is 0. The van der Waals surface area contributed by atoms with Gasteiger partial charge in [-0.25, -0.2) is 15.0 Å². The van der Waals surface area contributed by atoms with Crippen molar-refractivity contribution in [1.82, 2.24) is 19.5 Å². The van der Waals surface area contributed by atoms with E-state index in [4.69, 9.17) is 102 Å². The average molecular weight is 829 g/mol. The molecular formula is C51H20B10N4O2. The van der Waals surface area contributed by atoms with Gasteiger partial charge in [0.25, 0.3) is 0 Å². The first-order valence-corrected chi connectivity index (χ1v) is 21.1. The lowest BCUT2D eigenvalue weighted by atomic mass is 9.64. The zero-order valence-electron chi connectivity index (χ0n) is 35.4. The fourth-order valence-corrected chi connectivity index (χ4v) is 9.36. The second-order valence-electron chi connectivity index (χ2n) is 16.5. The molecule has 4 aromatic heterocycles. The van der Waals surface area contributed by atoms with Crippen molar-refractivity contribution in [2.45, 2.75) is 0 Å². The fourth-order valence-electron chi connectivity index (χ4n) is 9.36. The summed E-state index contributed by atoms with van der Waals surface area (Å²) in [4.78, 5) is 15.0. The zero-order valence-corrected chi connectivity index (χ0v) is 35.4. The Morgan fingerprint density at radius 2 is 0.806 bits per heavy atom. The number of furan rings is 2. The van der Waals surface area contributed by atoms with E-state index in [-0.39, 0.29) is 65.8 Å². The van der Waals surface area contributed by atoms with Crippen LogP contribution in [0.1, 0.15) is 0 Å². The Hall–Kier alpha value is -7.18. The molecule has 0 aliphatic carbocycles. The Balaban J connectivity index is 1.07. The van der Waals surface area contributed by atoms with Crippen molar-refractivity contribution in [2.24, 2.45) is 0 Å². The zero-order chi connectivity index (χ0) is 46.2. The summed E-state index contributed by atoms with van der Waals surface area (Å²) in [6.45, 7) is 0. The third-order valence-corrected chi connectivity index (χ3v) is 12.8. The van der Waals surface area contributed by atoms with Gasteiger partial charge in [0.1, 0.15) is 95.2 Å². The molecule has 0 amide bonds. The summed E-state index contributed by atoms with van der Waals surface area (Å²) >= 11 is 0. The molecule has 0 aliphatic rings. The molecule has 0 aliphatic heterocycles. The van der Waals surface area contributed by atoms with Crippen LogP contribution in [0.2, 0.25) is 0 Å². The highest BCUT2D eigenvalue weighted by atomic mass is 16.3. The normalized spacial score (nSPS) is 11.9. The Morgan fingerprint density at radius 3 is 1.49 bits per heavy atom. The number of fused-ring (bicyclic) bond motifs is 10. The third-order valence-electron chi connectivity index (χ3n) is 12.8. The third kappa shape index (κ3) is 6.07. The molecule has 0 spiro atoms. The molecule has 286 valence electrons. The molecule has 6 nitrogen and oxygen atoms in total. The van der Waals surface area contributed by atoms with Crippen LogP contribution in [0.3, 0.4) is 0 Å². The molecule has 4 heterocycles. The maximum absolute atomic E-state index is 6.97. The molecule has 8 aromatic carbocycles. The molecule has 0 saturated carbocycles. The van der Waals surface area contributed by atoms with Gasteiger partial charge in [-0.3, -0.25) is 0 Å². The molecule has 0 fully saturated rings. The minimum atomic E-state index is 0.0705. The molecule has 16 heteroatoms. The lowest BCUT2D eigenvalue weighted by Crippen LogP contribution is -2.48. The highest BCUT2D eigenvalue weighted by Crippen LogP contribution is 2.39. The molecule has 0 bridgehead atoms. The number of benzene rings is 8. The predicted octanol–water partition coefficient (Wildman–Crippen LogP) is 1.37. The number of hydrogen-bond acceptors (Lipinski definition) is 5. The summed E-state index contributed by atoms with van der Waals surface area (Å²) in [6.07, 6.45) is 0. The molecule has 20 radical (unpaired) electrons. The van der Waals surface area contributed by atoms with Gasteiger partial charge in [-0.15, -0.1) is 21.9 Å². The highest BCUT2D eigenvalue weighted by molar-refractivity contribution is 6.71. The first-order chi connectivity index (χ1) is 32.4. The summed E-state index contributed by atoms with van der Waals surface area (Å²) < 4.78 is 15.1. The van der Waals surface area contributed by atoms with Gasteiger partial charge in [0.05, 0.1) is 11.2 Å². The van der Waals surface area contributed by atoms with Crippen LogP contribution in [0.25, 0.3) is 117 Å². The minimum absolute atomic E-state index is 0.0705. The summed E-state index contributed by atoms with van der Waals surface area (Å²) in [5.41, 5.74) is 8.74. The van der Waals surface area contributed by atoms with E-state index in [0.29, 0.717) is 66.9 Å². The molecule has 0 N–H and O–H groups in total. The molecule has 12 rings (SSSR count). The SMILES string of the molecule is [B]c1c([B])c([B])c2c(oc3c2c([B])c([B])c2c4c([B])c([B])c([B])c([B])c4n(-c4ccc5c(c4)oc4cc(-c6nc(-c7ccccc7)nc(-c7cccc(-c8ccccc8)c7)n6)ccc45)c32)c1[B]. The smallest absolute Gasteiger partial charge is 0.164 e. The van der Waals surface area contributed by atoms with Crippen molar-refractivity contribution in [1.29, 1.82) is 0 Å². The van der Waals surface area contributed by atoms with Crippen LogP contribution in [-0.2, 0) is 0 Å². The van der Waals surface area contributed by atoms with E-state index in [9.17, 15) is 0 Å². The van der Waals surface area contributed by atoms with Gasteiger partial charge in [0.2, 0.25) is 0 Å². The van der Waals surface area contributed by atoms with Crippen LogP contribution < -0.4 is 54.6 Å². The number of hydrogen-bond donors (Lipinski definition) is 0. The van der Waals surface area contributed by atoms with Gasteiger partial charge in [0.15, 0.2) is 23.1 Å². The highest BCUT2D eigenvalue weighted by Gasteiger charge is 2.27. The van der Waals surface area contributed by atoms with Gasteiger partial charge in [-0.2, -0.15) is 0 Å². The lowest BCUT2D eigenvalue weighted by molar-refractivity contribution is 0.668. The molecule has 67 heavy (non-hydrogen) atoms. The molecular weight excluding hydrogens is 809 g/mol. The van der Waals surface area contributed by atoms with E-state index in [0.717, 1.165) is 38.6 Å². The van der Waals surface area contributed by atoms with E-state index in [1.807, 2.05) is 102 Å². The van der Waals surface area contributed by atoms with Crippen molar-refractivity contribution >= 4 is 199 Å². The molecule has 12 aromatic rings. The van der Waals surface area contributed by atoms with Crippen LogP contribution in [-0.4, -0.2) is 98.0 Å². The summed E-state index contributed by atoms with van der Waals surface area (Å²) in [7, 11) is 66.2. The Labute approximate surface area is 397 Å². The second kappa shape index (κ2) is 15.2. The van der Waals surface area contributed by atoms with Gasteiger partial charge < -0.3 is 13.4 Å². The predicted molar refractivity (Wildman–Crippen MR) is 284 cm³/mol. The maximum atomic E-state index is 6.97. The lowest BCUT2D eigenvalue weighted by Gasteiger charge is -2.16. The van der Waals surface area contributed by atoms with Gasteiger partial charge >= 0.3 is 0 Å². The van der Waals surface area contributed by atoms with Crippen molar-refractivity contribution < 1.29 is 8.83 Å². The van der Waals surface area contributed by atoms with Gasteiger partial charge in [-0.1, -0.05) is 118 Å². The second-order valence-corrected chi connectivity index (χ2v) is 16.5. The Morgan fingerprint density at radius 1 is 0.328 bits per heavy atom. The largest absolute Gasteiger partial charge is 0.456 e. The molecule has 0 atom stereocenters. The minimum Gasteiger partial charge on any atom is -0.456 e. The first kappa shape index (κ1) is 41.3. The van der Waals surface area contributed by atoms with Crippen LogP contribution in [0.15, 0.2) is 130 Å². The van der Waals surface area contributed by atoms with E-state index in [1.165, 1.54) is 0 Å². The Kier molecular flexibility index (Phi) is 9.35. The van der Waals surface area contributed by atoms with E-state index in [1.54, 1.807) is 0 Å². The van der Waals surface area contributed by atoms with E-state index >= 15 is 0 Å².